The molecule has 0 saturated carbocycles. The third-order valence-corrected chi connectivity index (χ3v) is 2.22. The van der Waals surface area contributed by atoms with Gasteiger partial charge in [-0.3, -0.25) is 0 Å². The Bertz CT molecular complexity index is 207. The molecule has 4 nitrogen and oxygen atoms in total. The Hall–Kier alpha value is -0.770. The molecule has 0 bridgehead atoms. The van der Waals surface area contributed by atoms with Crippen molar-refractivity contribution >= 4 is 22.7 Å². The zero-order valence-electron chi connectivity index (χ0n) is 9.04. The van der Waals surface area contributed by atoms with Crippen molar-refractivity contribution < 1.29 is 14.7 Å². The molecule has 0 heterocycles. The molecule has 88 valence electrons. The predicted molar refractivity (Wildman–Crippen MR) is 59.4 cm³/mol. The van der Waals surface area contributed by atoms with Gasteiger partial charge in [-0.25, -0.2) is 4.79 Å². The number of rotatable bonds is 8. The molecule has 5 heteroatoms. The zero-order valence-corrected chi connectivity index (χ0v) is 9.79. The quantitative estimate of drug-likeness (QED) is 0.231. The molecule has 0 aliphatic heterocycles. The highest BCUT2D eigenvalue weighted by Crippen LogP contribution is 2.05. The van der Waals surface area contributed by atoms with Crippen LogP contribution in [0.5, 0.6) is 0 Å². The maximum Gasteiger partial charge on any atom is 0.372 e. The second kappa shape index (κ2) is 9.77. The van der Waals surface area contributed by atoms with E-state index in [0.717, 1.165) is 19.3 Å². The Labute approximate surface area is 95.2 Å². The molecular weight excluding hydrogens is 218 g/mol. The first-order valence-corrected chi connectivity index (χ1v) is 5.64. The summed E-state index contributed by atoms with van der Waals surface area (Å²) in [6.45, 7) is 2.49. The molecule has 0 radical (unpaired) electrons. The van der Waals surface area contributed by atoms with E-state index in [1.807, 2.05) is 0 Å². The number of esters is 1. The van der Waals surface area contributed by atoms with E-state index in [9.17, 15) is 4.79 Å². The fraction of sp³-hybridized carbons (Fsp3) is 0.800. The second-order valence-corrected chi connectivity index (χ2v) is 3.65. The first-order valence-electron chi connectivity index (χ1n) is 5.27. The standard InChI is InChI=1S/C10H18ClNO3/c1-2-3-4-5-6-7-8-15-10(13)9(11)12-14/h14H,2-8H2,1H3. The lowest BCUT2D eigenvalue weighted by Crippen LogP contribution is -2.12. The summed E-state index contributed by atoms with van der Waals surface area (Å²) in [6, 6.07) is 0. The van der Waals surface area contributed by atoms with Gasteiger partial charge in [0, 0.05) is 0 Å². The normalized spacial score (nSPS) is 11.5. The lowest BCUT2D eigenvalue weighted by Gasteiger charge is -2.02. The van der Waals surface area contributed by atoms with E-state index in [1.165, 1.54) is 19.3 Å². The van der Waals surface area contributed by atoms with Crippen LogP contribution in [0.1, 0.15) is 45.4 Å². The minimum atomic E-state index is -0.771. The second-order valence-electron chi connectivity index (χ2n) is 3.29. The van der Waals surface area contributed by atoms with Crippen molar-refractivity contribution in [3.05, 3.63) is 0 Å². The summed E-state index contributed by atoms with van der Waals surface area (Å²) in [7, 11) is 0. The summed E-state index contributed by atoms with van der Waals surface area (Å²) in [5.74, 6) is -0.771. The number of carbonyl (C=O) groups excluding carboxylic acids is 1. The number of ether oxygens (including phenoxy) is 1. The predicted octanol–water partition coefficient (Wildman–Crippen LogP) is 2.92. The van der Waals surface area contributed by atoms with Gasteiger partial charge >= 0.3 is 5.97 Å². The van der Waals surface area contributed by atoms with Gasteiger partial charge in [0.25, 0.3) is 5.17 Å². The number of carbonyl (C=O) groups is 1. The van der Waals surface area contributed by atoms with E-state index >= 15 is 0 Å². The van der Waals surface area contributed by atoms with Gasteiger partial charge in [-0.15, -0.1) is 0 Å². The molecule has 0 aromatic carbocycles. The highest BCUT2D eigenvalue weighted by Gasteiger charge is 2.09. The van der Waals surface area contributed by atoms with Gasteiger partial charge in [-0.05, 0) is 6.42 Å². The van der Waals surface area contributed by atoms with Gasteiger partial charge in [-0.1, -0.05) is 55.8 Å². The Kier molecular flexibility index (Phi) is 9.27. The summed E-state index contributed by atoms with van der Waals surface area (Å²) in [6.07, 6.45) is 6.73. The first-order chi connectivity index (χ1) is 7.22. The molecule has 0 rings (SSSR count). The number of oxime groups is 1. The SMILES string of the molecule is CCCCCCCCOC(=O)C(Cl)=NO. The van der Waals surface area contributed by atoms with Gasteiger partial charge in [0.05, 0.1) is 6.61 Å². The Balaban J connectivity index is 3.28. The molecule has 0 unspecified atom stereocenters. The van der Waals surface area contributed by atoms with Crippen LogP contribution in [0.15, 0.2) is 5.16 Å². The van der Waals surface area contributed by atoms with E-state index in [2.05, 4.69) is 12.1 Å². The average molecular weight is 236 g/mol. The van der Waals surface area contributed by atoms with Crippen LogP contribution in [0.3, 0.4) is 0 Å². The molecule has 0 saturated heterocycles. The molecule has 0 aromatic heterocycles. The highest BCUT2D eigenvalue weighted by atomic mass is 35.5. The van der Waals surface area contributed by atoms with Crippen molar-refractivity contribution in [2.45, 2.75) is 45.4 Å². The Morgan fingerprint density at radius 3 is 2.47 bits per heavy atom. The third-order valence-electron chi connectivity index (χ3n) is 1.99. The minimum absolute atomic E-state index is 0.330. The summed E-state index contributed by atoms with van der Waals surface area (Å²) in [5.41, 5.74) is 0. The largest absolute Gasteiger partial charge is 0.460 e. The number of nitrogens with zero attached hydrogens (tertiary/aromatic N) is 1. The van der Waals surface area contributed by atoms with Crippen LogP contribution in [0.2, 0.25) is 0 Å². The van der Waals surface area contributed by atoms with Gasteiger partial charge in [0.1, 0.15) is 0 Å². The lowest BCUT2D eigenvalue weighted by atomic mass is 10.1. The summed E-state index contributed by atoms with van der Waals surface area (Å²) in [4.78, 5) is 10.9. The van der Waals surface area contributed by atoms with E-state index in [-0.39, 0.29) is 0 Å². The third kappa shape index (κ3) is 8.24. The molecule has 0 aliphatic rings. The van der Waals surface area contributed by atoms with Crippen LogP contribution < -0.4 is 0 Å². The van der Waals surface area contributed by atoms with Crippen molar-refractivity contribution in [3.8, 4) is 0 Å². The summed E-state index contributed by atoms with van der Waals surface area (Å²) in [5, 5.41) is 10.2. The van der Waals surface area contributed by atoms with Gasteiger partial charge in [0.15, 0.2) is 0 Å². The van der Waals surface area contributed by atoms with Gasteiger partial charge in [0.2, 0.25) is 0 Å². The van der Waals surface area contributed by atoms with Crippen LogP contribution in [0.25, 0.3) is 0 Å². The van der Waals surface area contributed by atoms with Gasteiger partial charge in [-0.2, -0.15) is 0 Å². The average Bonchev–Trinajstić information content (AvgIpc) is 2.26. The van der Waals surface area contributed by atoms with Crippen LogP contribution in [-0.4, -0.2) is 23.0 Å². The molecule has 0 spiro atoms. The molecule has 0 aliphatic carbocycles. The van der Waals surface area contributed by atoms with Crippen LogP contribution in [-0.2, 0) is 9.53 Å². The van der Waals surface area contributed by atoms with E-state index in [4.69, 9.17) is 21.5 Å². The van der Waals surface area contributed by atoms with E-state index in [1.54, 1.807) is 0 Å². The number of halogens is 1. The first kappa shape index (κ1) is 14.2. The molecule has 1 N–H and O–H groups in total. The Morgan fingerprint density at radius 2 is 1.87 bits per heavy atom. The van der Waals surface area contributed by atoms with Crippen LogP contribution >= 0.6 is 11.6 Å². The molecule has 0 amide bonds. The van der Waals surface area contributed by atoms with E-state index < -0.39 is 11.1 Å². The van der Waals surface area contributed by atoms with Crippen LogP contribution in [0, 0.1) is 0 Å². The maximum absolute atomic E-state index is 10.9. The molecule has 15 heavy (non-hydrogen) atoms. The van der Waals surface area contributed by atoms with Gasteiger partial charge < -0.3 is 9.94 Å². The Morgan fingerprint density at radius 1 is 1.27 bits per heavy atom. The number of hydrogen-bond donors (Lipinski definition) is 1. The monoisotopic (exact) mass is 235 g/mol. The zero-order chi connectivity index (χ0) is 11.5. The minimum Gasteiger partial charge on any atom is -0.460 e. The summed E-state index contributed by atoms with van der Waals surface area (Å²) >= 11 is 5.22. The lowest BCUT2D eigenvalue weighted by molar-refractivity contribution is -0.135. The highest BCUT2D eigenvalue weighted by molar-refractivity contribution is 6.81. The van der Waals surface area contributed by atoms with Crippen molar-refractivity contribution in [1.82, 2.24) is 0 Å². The fourth-order valence-corrected chi connectivity index (χ4v) is 1.20. The smallest absolute Gasteiger partial charge is 0.372 e. The number of hydrogen-bond acceptors (Lipinski definition) is 4. The van der Waals surface area contributed by atoms with Crippen molar-refractivity contribution in [3.63, 3.8) is 0 Å². The fourth-order valence-electron chi connectivity index (χ4n) is 1.15. The van der Waals surface area contributed by atoms with E-state index in [0.29, 0.717) is 6.61 Å². The number of unbranched alkanes of at least 4 members (excludes halogenated alkanes) is 5. The van der Waals surface area contributed by atoms with Crippen molar-refractivity contribution in [2.24, 2.45) is 5.16 Å². The molecular formula is C10H18ClNO3. The topological polar surface area (TPSA) is 58.9 Å². The molecule has 0 aromatic rings. The van der Waals surface area contributed by atoms with Crippen molar-refractivity contribution in [2.75, 3.05) is 6.61 Å². The van der Waals surface area contributed by atoms with Crippen molar-refractivity contribution in [1.29, 1.82) is 0 Å². The molecule has 0 atom stereocenters. The molecule has 0 fully saturated rings. The van der Waals surface area contributed by atoms with Crippen LogP contribution in [0.4, 0.5) is 0 Å². The summed E-state index contributed by atoms with van der Waals surface area (Å²) < 4.78 is 4.74. The maximum atomic E-state index is 10.9.